The normalized spacial score (nSPS) is 15.9. The van der Waals surface area contributed by atoms with Gasteiger partial charge in [0.25, 0.3) is 0 Å². The second kappa shape index (κ2) is 24.0. The molecule has 1 aliphatic rings. The van der Waals surface area contributed by atoms with Gasteiger partial charge in [0.1, 0.15) is 0 Å². The number of H-pyrrole nitrogens is 1. The Balaban J connectivity index is 0.00000363. The third-order valence-electron chi connectivity index (χ3n) is 9.18. The van der Waals surface area contributed by atoms with Gasteiger partial charge in [-0.2, -0.15) is 0 Å². The van der Waals surface area contributed by atoms with E-state index in [0.717, 1.165) is 61.1 Å². The molecule has 2 unspecified atom stereocenters. The Hall–Kier alpha value is -2.34. The quantitative estimate of drug-likeness (QED) is 0.0962. The summed E-state index contributed by atoms with van der Waals surface area (Å²) in [4.78, 5) is 6.08. The molecule has 9 nitrogen and oxygen atoms in total. The van der Waals surface area contributed by atoms with Crippen LogP contribution in [0.5, 0.6) is 0 Å². The van der Waals surface area contributed by atoms with Crippen molar-refractivity contribution in [2.24, 2.45) is 11.5 Å². The Morgan fingerprint density at radius 3 is 2.18 bits per heavy atom. The van der Waals surface area contributed by atoms with Crippen LogP contribution < -0.4 is 16.8 Å². The first kappa shape index (κ1) is 46.7. The maximum atomic E-state index is 13.2. The summed E-state index contributed by atoms with van der Waals surface area (Å²) in [5, 5.41) is 12.9. The predicted molar refractivity (Wildman–Crippen MR) is 217 cm³/mol. The minimum absolute atomic E-state index is 0.0123. The number of hydrogen-bond donors (Lipinski definition) is 5. The lowest BCUT2D eigenvalue weighted by atomic mass is 9.87. The number of sulfonamides is 1. The van der Waals surface area contributed by atoms with Gasteiger partial charge >= 0.3 is 0 Å². The highest BCUT2D eigenvalue weighted by atomic mass is 32.2. The molecule has 0 radical (unpaired) electrons. The van der Waals surface area contributed by atoms with E-state index in [4.69, 9.17) is 5.41 Å². The summed E-state index contributed by atoms with van der Waals surface area (Å²) in [7, 11) is 1.55. The number of nitrogens with zero attached hydrogens (tertiary/aromatic N) is 2. The van der Waals surface area contributed by atoms with Gasteiger partial charge in [0.2, 0.25) is 10.0 Å². The number of allylic oxidation sites excluding steroid dienone is 4. The molecular weight excluding hydrogens is 631 g/mol. The summed E-state index contributed by atoms with van der Waals surface area (Å²) in [6.07, 6.45) is 8.14. The van der Waals surface area contributed by atoms with E-state index in [-0.39, 0.29) is 17.8 Å². The van der Waals surface area contributed by atoms with Crippen LogP contribution in [0.4, 0.5) is 0 Å². The summed E-state index contributed by atoms with van der Waals surface area (Å²) in [6.45, 7) is 23.6. The van der Waals surface area contributed by atoms with E-state index in [1.807, 2.05) is 41.7 Å². The van der Waals surface area contributed by atoms with Crippen molar-refractivity contribution >= 4 is 32.2 Å². The summed E-state index contributed by atoms with van der Waals surface area (Å²) < 4.78 is 28.0. The number of piperidine rings is 1. The van der Waals surface area contributed by atoms with E-state index >= 15 is 0 Å². The first-order chi connectivity index (χ1) is 23.4. The maximum Gasteiger partial charge on any atom is 0.215 e. The fourth-order valence-electron chi connectivity index (χ4n) is 6.40. The van der Waals surface area contributed by atoms with E-state index in [9.17, 15) is 8.42 Å². The van der Waals surface area contributed by atoms with Crippen molar-refractivity contribution < 1.29 is 8.42 Å². The first-order valence-corrected chi connectivity index (χ1v) is 20.1. The Bertz CT molecular complexity index is 1400. The summed E-state index contributed by atoms with van der Waals surface area (Å²) >= 11 is 0. The molecule has 1 aliphatic heterocycles. The molecule has 1 aromatic carbocycles. The number of fused-ring (bicyclic) bond motifs is 1. The molecule has 49 heavy (non-hydrogen) atoms. The van der Waals surface area contributed by atoms with E-state index in [2.05, 4.69) is 91.6 Å². The predicted octanol–water partition coefficient (Wildman–Crippen LogP) is 7.46. The fraction of sp³-hybridized carbons (Fsp3) is 0.667. The van der Waals surface area contributed by atoms with E-state index < -0.39 is 10.0 Å². The zero-order valence-corrected chi connectivity index (χ0v) is 34.2. The molecule has 2 heterocycles. The number of hydrogen-bond acceptors (Lipinski definition) is 7. The molecule has 0 bridgehead atoms. The Morgan fingerprint density at radius 2 is 1.69 bits per heavy atom. The van der Waals surface area contributed by atoms with Gasteiger partial charge in [0.05, 0.1) is 5.75 Å². The fourth-order valence-corrected chi connectivity index (χ4v) is 8.28. The largest absolute Gasteiger partial charge is 0.354 e. The molecule has 1 saturated heterocycles. The average Bonchev–Trinajstić information content (AvgIpc) is 3.50. The van der Waals surface area contributed by atoms with Crippen LogP contribution in [-0.2, 0) is 10.0 Å². The molecule has 10 heteroatoms. The van der Waals surface area contributed by atoms with Gasteiger partial charge in [-0.1, -0.05) is 60.1 Å². The molecule has 282 valence electrons. The zero-order valence-electron chi connectivity index (χ0n) is 33.3. The number of aromatic amines is 1. The highest BCUT2D eigenvalue weighted by Crippen LogP contribution is 2.37. The third kappa shape index (κ3) is 13.4. The smallest absolute Gasteiger partial charge is 0.215 e. The molecule has 0 spiro atoms. The maximum absolute atomic E-state index is 13.2. The monoisotopic (exact) mass is 704 g/mol. The number of aromatic nitrogens is 1. The van der Waals surface area contributed by atoms with Crippen molar-refractivity contribution in [3.05, 3.63) is 52.7 Å². The molecule has 3 rings (SSSR count). The van der Waals surface area contributed by atoms with Crippen molar-refractivity contribution in [1.82, 2.24) is 19.5 Å². The average molecular weight is 704 g/mol. The Labute approximate surface area is 300 Å². The summed E-state index contributed by atoms with van der Waals surface area (Å²) in [5.74, 6) is 0.974. The van der Waals surface area contributed by atoms with Crippen LogP contribution in [0.1, 0.15) is 124 Å². The van der Waals surface area contributed by atoms with Gasteiger partial charge in [-0.3, -0.25) is 4.90 Å². The molecule has 2 atom stereocenters. The topological polar surface area (TPSA) is 144 Å². The minimum Gasteiger partial charge on any atom is -0.354 e. The molecule has 0 aliphatic carbocycles. The lowest BCUT2D eigenvalue weighted by molar-refractivity contribution is 0.172. The lowest BCUT2D eigenvalue weighted by Gasteiger charge is -2.37. The van der Waals surface area contributed by atoms with Crippen molar-refractivity contribution in [2.45, 2.75) is 119 Å². The Morgan fingerprint density at radius 1 is 1.10 bits per heavy atom. The lowest BCUT2D eigenvalue weighted by Crippen LogP contribution is -2.48. The van der Waals surface area contributed by atoms with Crippen molar-refractivity contribution in [2.75, 3.05) is 53.1 Å². The van der Waals surface area contributed by atoms with Gasteiger partial charge in [-0.25, -0.2) is 12.7 Å². The van der Waals surface area contributed by atoms with Crippen LogP contribution in [-0.4, -0.2) is 93.5 Å². The number of nitrogens with one attached hydrogen (secondary N) is 3. The molecule has 2 aromatic rings. The summed E-state index contributed by atoms with van der Waals surface area (Å²) in [5.41, 5.74) is 16.9. The van der Waals surface area contributed by atoms with Gasteiger partial charge in [-0.05, 0) is 134 Å². The van der Waals surface area contributed by atoms with Crippen LogP contribution in [0, 0.1) is 5.41 Å². The van der Waals surface area contributed by atoms with Crippen LogP contribution in [0.25, 0.3) is 16.5 Å². The molecule has 1 fully saturated rings. The van der Waals surface area contributed by atoms with Crippen molar-refractivity contribution in [3.63, 3.8) is 0 Å². The van der Waals surface area contributed by atoms with Crippen LogP contribution in [0.15, 0.2) is 35.9 Å². The standard InChI is InChI=1S/C35H57N5O2S.C2H6.2CH5N/c1-10-13-32(36)25(6)20-28(11-2)35-34(24(4)5)31-21-30(14-15-33(31)38-35)29-16-18-39(19-17-29)27(8)23-43(41,42)40(12-3)22-26(7)37-9;3*1-2/h11,14-15,20-21,24,26-27,29,36-38H,10,12-13,16-19,22-23H2,1-9H3;1-2H3;2*2H2,1H3/b25-20-,28-11+,36-32?;;;. The second-order valence-corrected chi connectivity index (χ2v) is 14.8. The SMILES string of the molecule is C/C=C(\C=C(\C)C(=N)CCC)c1[nH]c2ccc(C3CCN(C(C)CS(=O)(=O)N(CC)CC(C)NC)CC3)cc2c1C(C)C.CC.CN.CN. The van der Waals surface area contributed by atoms with Crippen molar-refractivity contribution in [3.8, 4) is 0 Å². The highest BCUT2D eigenvalue weighted by molar-refractivity contribution is 7.89. The second-order valence-electron chi connectivity index (χ2n) is 12.8. The zero-order chi connectivity index (χ0) is 37.9. The molecule has 0 saturated carbocycles. The number of likely N-dealkylation sites (N-methyl/N-ethyl adjacent to an activating group) is 2. The van der Waals surface area contributed by atoms with Crippen molar-refractivity contribution in [1.29, 1.82) is 5.41 Å². The van der Waals surface area contributed by atoms with Gasteiger partial charge in [0.15, 0.2) is 0 Å². The van der Waals surface area contributed by atoms with Crippen LogP contribution in [0.2, 0.25) is 0 Å². The van der Waals surface area contributed by atoms with E-state index in [1.165, 1.54) is 30.6 Å². The number of nitrogens with two attached hydrogens (primary N) is 2. The number of likely N-dealkylation sites (tertiary alicyclic amines) is 1. The van der Waals surface area contributed by atoms with Gasteiger partial charge < -0.3 is 27.2 Å². The number of rotatable bonds is 15. The molecular formula is C39H73N7O2S. The minimum atomic E-state index is -3.32. The Kier molecular flexibility index (Phi) is 22.8. The number of benzene rings is 1. The molecule has 1 aromatic heterocycles. The first-order valence-electron chi connectivity index (χ1n) is 18.5. The van der Waals surface area contributed by atoms with E-state index in [1.54, 1.807) is 4.31 Å². The van der Waals surface area contributed by atoms with Gasteiger partial charge in [-0.15, -0.1) is 0 Å². The van der Waals surface area contributed by atoms with Gasteiger partial charge in [0, 0.05) is 47.5 Å². The van der Waals surface area contributed by atoms with Crippen LogP contribution >= 0.6 is 0 Å². The van der Waals surface area contributed by atoms with E-state index in [0.29, 0.717) is 30.6 Å². The molecule has 7 N–H and O–H groups in total. The third-order valence-corrected chi connectivity index (χ3v) is 11.3. The highest BCUT2D eigenvalue weighted by Gasteiger charge is 2.30. The summed E-state index contributed by atoms with van der Waals surface area (Å²) in [6, 6.07) is 7.01. The molecule has 0 amide bonds. The van der Waals surface area contributed by atoms with Crippen LogP contribution in [0.3, 0.4) is 0 Å².